The van der Waals surface area contributed by atoms with Crippen LogP contribution >= 0.6 is 0 Å². The number of carbonyl (C=O) groups is 2. The van der Waals surface area contributed by atoms with Gasteiger partial charge in [-0.1, -0.05) is 0 Å². The summed E-state index contributed by atoms with van der Waals surface area (Å²) in [6, 6.07) is 0. The molecule has 0 saturated carbocycles. The van der Waals surface area contributed by atoms with Crippen LogP contribution in [0.4, 0.5) is 4.79 Å². The molecule has 1 saturated heterocycles. The van der Waals surface area contributed by atoms with Crippen molar-refractivity contribution in [1.82, 2.24) is 5.32 Å². The molecule has 0 aromatic carbocycles. The fourth-order valence-electron chi connectivity index (χ4n) is 0.819. The van der Waals surface area contributed by atoms with Crippen LogP contribution in [0.15, 0.2) is 0 Å². The topological polar surface area (TPSA) is 55.4 Å². The van der Waals surface area contributed by atoms with Crippen LogP contribution in [0.3, 0.4) is 0 Å². The summed E-state index contributed by atoms with van der Waals surface area (Å²) in [7, 11) is 0. The van der Waals surface area contributed by atoms with Gasteiger partial charge in [-0.15, -0.1) is 0 Å². The second-order valence-corrected chi connectivity index (χ2v) is 2.25. The van der Waals surface area contributed by atoms with E-state index in [1.54, 1.807) is 0 Å². The fraction of sp³-hybridized carbons (Fsp3) is 0.667. The molecule has 0 bridgehead atoms. The summed E-state index contributed by atoms with van der Waals surface area (Å²) in [6.07, 6.45) is 0.911. The number of cyclic esters (lactones) is 1. The van der Waals surface area contributed by atoms with Crippen LogP contribution in [0.5, 0.6) is 0 Å². The molecule has 1 N–H and O–H groups in total. The zero-order chi connectivity index (χ0) is 7.40. The Hall–Kier alpha value is -1.06. The molecule has 0 aliphatic carbocycles. The molecular formula is C6H9NO3. The number of rotatable bonds is 2. The Balaban J connectivity index is 2.25. The molecule has 0 aromatic heterocycles. The predicted octanol–water partition coefficient (Wildman–Crippen LogP) is -0.0686. The number of alkyl carbamates (subject to hydrolysis) is 1. The van der Waals surface area contributed by atoms with E-state index in [2.05, 4.69) is 10.1 Å². The first kappa shape index (κ1) is 7.05. The van der Waals surface area contributed by atoms with E-state index in [1.165, 1.54) is 0 Å². The highest BCUT2D eigenvalue weighted by atomic mass is 16.6. The molecule has 1 rings (SSSR count). The molecule has 1 fully saturated rings. The van der Waals surface area contributed by atoms with Crippen molar-refractivity contribution in [2.75, 3.05) is 13.2 Å². The number of ether oxygens (including phenoxy) is 1. The minimum atomic E-state index is -0.387. The van der Waals surface area contributed by atoms with Crippen LogP contribution in [-0.4, -0.2) is 25.5 Å². The highest BCUT2D eigenvalue weighted by Gasteiger charge is 2.17. The highest BCUT2D eigenvalue weighted by Crippen LogP contribution is 2.04. The molecule has 0 radical (unpaired) electrons. The molecule has 56 valence electrons. The molecule has 0 aromatic rings. The number of aldehydes is 1. The van der Waals surface area contributed by atoms with Crippen LogP contribution in [-0.2, 0) is 9.53 Å². The van der Waals surface area contributed by atoms with Gasteiger partial charge in [0.2, 0.25) is 0 Å². The van der Waals surface area contributed by atoms with Gasteiger partial charge in [0, 0.05) is 18.9 Å². The summed E-state index contributed by atoms with van der Waals surface area (Å²) in [4.78, 5) is 20.4. The summed E-state index contributed by atoms with van der Waals surface area (Å²) >= 11 is 0. The van der Waals surface area contributed by atoms with Crippen LogP contribution in [0.2, 0.25) is 0 Å². The second kappa shape index (κ2) is 3.20. The lowest BCUT2D eigenvalue weighted by molar-refractivity contribution is -0.109. The monoisotopic (exact) mass is 143 g/mol. The standard InChI is InChI=1S/C6H9NO3/c8-2-1-5-3-7-6(9)10-4-5/h2,5H,1,3-4H2,(H,7,9). The first-order valence-corrected chi connectivity index (χ1v) is 3.17. The Kier molecular flexibility index (Phi) is 2.25. The van der Waals surface area contributed by atoms with Gasteiger partial charge < -0.3 is 14.8 Å². The molecule has 1 heterocycles. The molecule has 4 heteroatoms. The Morgan fingerprint density at radius 1 is 1.80 bits per heavy atom. The number of hydrogen-bond donors (Lipinski definition) is 1. The molecule has 4 nitrogen and oxygen atoms in total. The van der Waals surface area contributed by atoms with Gasteiger partial charge in [-0.2, -0.15) is 0 Å². The molecule has 1 aliphatic rings. The van der Waals surface area contributed by atoms with Gasteiger partial charge in [0.05, 0.1) is 6.61 Å². The van der Waals surface area contributed by atoms with Gasteiger partial charge >= 0.3 is 6.09 Å². The van der Waals surface area contributed by atoms with E-state index in [1.807, 2.05) is 0 Å². The van der Waals surface area contributed by atoms with Crippen molar-refractivity contribution in [2.24, 2.45) is 5.92 Å². The van der Waals surface area contributed by atoms with E-state index in [0.29, 0.717) is 19.6 Å². The van der Waals surface area contributed by atoms with Gasteiger partial charge in [0.1, 0.15) is 6.29 Å². The summed E-state index contributed by atoms with van der Waals surface area (Å²) in [5.74, 6) is 0.162. The van der Waals surface area contributed by atoms with Crippen LogP contribution < -0.4 is 5.32 Å². The largest absolute Gasteiger partial charge is 0.449 e. The van der Waals surface area contributed by atoms with Crippen molar-refractivity contribution in [3.05, 3.63) is 0 Å². The third-order valence-corrected chi connectivity index (χ3v) is 1.41. The summed E-state index contributed by atoms with van der Waals surface area (Å²) in [5, 5.41) is 2.50. The maximum atomic E-state index is 10.4. The minimum Gasteiger partial charge on any atom is -0.449 e. The van der Waals surface area contributed by atoms with Crippen molar-refractivity contribution in [1.29, 1.82) is 0 Å². The van der Waals surface area contributed by atoms with E-state index in [9.17, 15) is 9.59 Å². The smallest absolute Gasteiger partial charge is 0.407 e. The first-order chi connectivity index (χ1) is 4.83. The van der Waals surface area contributed by atoms with Crippen LogP contribution in [0.1, 0.15) is 6.42 Å². The van der Waals surface area contributed by atoms with Gasteiger partial charge in [-0.3, -0.25) is 0 Å². The lowest BCUT2D eigenvalue weighted by atomic mass is 10.1. The second-order valence-electron chi connectivity index (χ2n) is 2.25. The number of nitrogens with one attached hydrogen (secondary N) is 1. The quantitative estimate of drug-likeness (QED) is 0.550. The van der Waals surface area contributed by atoms with Crippen molar-refractivity contribution < 1.29 is 14.3 Å². The van der Waals surface area contributed by atoms with Gasteiger partial charge in [0.25, 0.3) is 0 Å². The Morgan fingerprint density at radius 3 is 3.10 bits per heavy atom. The molecule has 10 heavy (non-hydrogen) atoms. The van der Waals surface area contributed by atoms with Gasteiger partial charge in [-0.25, -0.2) is 4.79 Å². The van der Waals surface area contributed by atoms with E-state index in [-0.39, 0.29) is 12.0 Å². The first-order valence-electron chi connectivity index (χ1n) is 3.17. The third-order valence-electron chi connectivity index (χ3n) is 1.41. The fourth-order valence-corrected chi connectivity index (χ4v) is 0.819. The minimum absolute atomic E-state index is 0.162. The lowest BCUT2D eigenvalue weighted by Crippen LogP contribution is -2.38. The van der Waals surface area contributed by atoms with Crippen molar-refractivity contribution in [3.63, 3.8) is 0 Å². The van der Waals surface area contributed by atoms with Crippen molar-refractivity contribution >= 4 is 12.4 Å². The Bertz CT molecular complexity index is 136. The predicted molar refractivity (Wildman–Crippen MR) is 33.5 cm³/mol. The third kappa shape index (κ3) is 1.72. The van der Waals surface area contributed by atoms with Gasteiger partial charge in [-0.05, 0) is 0 Å². The maximum Gasteiger partial charge on any atom is 0.407 e. The zero-order valence-corrected chi connectivity index (χ0v) is 5.50. The number of hydrogen-bond acceptors (Lipinski definition) is 3. The lowest BCUT2D eigenvalue weighted by Gasteiger charge is -2.20. The SMILES string of the molecule is O=CCC1CNC(=O)OC1. The number of amides is 1. The van der Waals surface area contributed by atoms with E-state index in [0.717, 1.165) is 6.29 Å². The molecule has 1 aliphatic heterocycles. The summed E-state index contributed by atoms with van der Waals surface area (Å²) < 4.78 is 4.63. The molecular weight excluding hydrogens is 134 g/mol. The molecule has 0 spiro atoms. The van der Waals surface area contributed by atoms with E-state index >= 15 is 0 Å². The Labute approximate surface area is 58.5 Å². The van der Waals surface area contributed by atoms with E-state index < -0.39 is 0 Å². The maximum absolute atomic E-state index is 10.4. The van der Waals surface area contributed by atoms with Crippen molar-refractivity contribution in [2.45, 2.75) is 6.42 Å². The normalized spacial score (nSPS) is 24.8. The van der Waals surface area contributed by atoms with Crippen molar-refractivity contribution in [3.8, 4) is 0 Å². The van der Waals surface area contributed by atoms with Crippen LogP contribution in [0.25, 0.3) is 0 Å². The van der Waals surface area contributed by atoms with Gasteiger partial charge in [0.15, 0.2) is 0 Å². The highest BCUT2D eigenvalue weighted by molar-refractivity contribution is 5.68. The average Bonchev–Trinajstić information content (AvgIpc) is 1.95. The average molecular weight is 143 g/mol. The van der Waals surface area contributed by atoms with Crippen LogP contribution in [0, 0.1) is 5.92 Å². The Morgan fingerprint density at radius 2 is 2.60 bits per heavy atom. The molecule has 1 atom stereocenters. The summed E-state index contributed by atoms with van der Waals surface area (Å²) in [6.45, 7) is 0.919. The summed E-state index contributed by atoms with van der Waals surface area (Å²) in [5.41, 5.74) is 0. The zero-order valence-electron chi connectivity index (χ0n) is 5.50. The number of carbonyl (C=O) groups excluding carboxylic acids is 2. The van der Waals surface area contributed by atoms with E-state index in [4.69, 9.17) is 0 Å². The molecule has 1 amide bonds. The molecule has 1 unspecified atom stereocenters.